The minimum Gasteiger partial charge on any atom is -0.489 e. The quantitative estimate of drug-likeness (QED) is 0.590. The lowest BCUT2D eigenvalue weighted by atomic mass is 9.74. The number of carbonyl (C=O) groups excluding carboxylic acids is 1. The summed E-state index contributed by atoms with van der Waals surface area (Å²) in [5.41, 5.74) is 3.31. The molecule has 2 heterocycles. The van der Waals surface area contributed by atoms with Crippen LogP contribution in [0.3, 0.4) is 0 Å². The minimum absolute atomic E-state index is 0.0394. The van der Waals surface area contributed by atoms with Gasteiger partial charge in [0.25, 0.3) is 0 Å². The van der Waals surface area contributed by atoms with E-state index in [0.717, 1.165) is 33.5 Å². The number of β-amino-alcohol motifs (C(OH)–C–C–N with tert-alkyl or cyclic N) is 1. The number of β-lactam (4-membered cyclic amide) rings is 1. The Balaban J connectivity index is 1.43. The summed E-state index contributed by atoms with van der Waals surface area (Å²) in [5.74, 6) is 0.697. The lowest BCUT2D eigenvalue weighted by Gasteiger charge is -2.47. The molecule has 6 nitrogen and oxygen atoms in total. The number of hydrogen-bond donors (Lipinski definition) is 2. The Morgan fingerprint density at radius 1 is 1.20 bits per heavy atom. The smallest absolute Gasteiger partial charge is 0.234 e. The molecule has 1 aliphatic rings. The third kappa shape index (κ3) is 3.76. The number of rotatable bonds is 7. The van der Waals surface area contributed by atoms with Gasteiger partial charge in [0, 0.05) is 29.7 Å². The summed E-state index contributed by atoms with van der Waals surface area (Å²) < 4.78 is 6.01. The van der Waals surface area contributed by atoms with Gasteiger partial charge in [0.15, 0.2) is 0 Å². The zero-order chi connectivity index (χ0) is 21.3. The number of para-hydroxylation sites is 1. The van der Waals surface area contributed by atoms with E-state index in [1.165, 1.54) is 0 Å². The highest BCUT2D eigenvalue weighted by Crippen LogP contribution is 2.36. The molecule has 1 amide bonds. The van der Waals surface area contributed by atoms with Gasteiger partial charge in [-0.25, -0.2) is 0 Å². The van der Waals surface area contributed by atoms with Gasteiger partial charge in [-0.1, -0.05) is 30.3 Å². The first-order valence-electron chi connectivity index (χ1n) is 10.1. The summed E-state index contributed by atoms with van der Waals surface area (Å²) in [7, 11) is 0. The first kappa shape index (κ1) is 20.3. The molecule has 2 N–H and O–H groups in total. The van der Waals surface area contributed by atoms with Crippen LogP contribution in [-0.4, -0.2) is 51.8 Å². The number of pyridine rings is 1. The maximum Gasteiger partial charge on any atom is 0.234 e. The van der Waals surface area contributed by atoms with Gasteiger partial charge in [-0.2, -0.15) is 0 Å². The molecule has 1 aliphatic heterocycles. The molecule has 0 radical (unpaired) electrons. The summed E-state index contributed by atoms with van der Waals surface area (Å²) in [4.78, 5) is 18.7. The van der Waals surface area contributed by atoms with Crippen LogP contribution in [0.2, 0.25) is 0 Å². The molecule has 0 saturated carbocycles. The average molecular weight is 406 g/mol. The molecule has 2 aromatic carbocycles. The molecule has 4 rings (SSSR count). The van der Waals surface area contributed by atoms with E-state index in [1.54, 1.807) is 4.90 Å². The second-order valence-electron chi connectivity index (χ2n) is 8.11. The first-order valence-corrected chi connectivity index (χ1v) is 10.1. The van der Waals surface area contributed by atoms with Crippen molar-refractivity contribution in [2.75, 3.05) is 19.7 Å². The second kappa shape index (κ2) is 8.05. The number of ether oxygens (including phenoxy) is 1. The SMILES string of the molecule is Cc1cc(COc2ccc(C3(C)CN(CC(O)CO)C3=O)cc2)c2ccccc2n1. The molecule has 0 aliphatic carbocycles. The summed E-state index contributed by atoms with van der Waals surface area (Å²) >= 11 is 0. The van der Waals surface area contributed by atoms with Gasteiger partial charge in [-0.15, -0.1) is 0 Å². The van der Waals surface area contributed by atoms with Gasteiger partial charge < -0.3 is 19.8 Å². The number of carbonyl (C=O) groups is 1. The molecule has 1 fully saturated rings. The molecule has 0 spiro atoms. The first-order chi connectivity index (χ1) is 14.4. The number of likely N-dealkylation sites (tertiary alicyclic amines) is 1. The van der Waals surface area contributed by atoms with E-state index in [2.05, 4.69) is 4.98 Å². The van der Waals surface area contributed by atoms with Crippen molar-refractivity contribution < 1.29 is 19.7 Å². The van der Waals surface area contributed by atoms with Crippen molar-refractivity contribution in [3.05, 3.63) is 71.4 Å². The molecule has 30 heavy (non-hydrogen) atoms. The predicted molar refractivity (Wildman–Crippen MR) is 114 cm³/mol. The molecular weight excluding hydrogens is 380 g/mol. The van der Waals surface area contributed by atoms with E-state index in [0.29, 0.717) is 13.2 Å². The van der Waals surface area contributed by atoms with E-state index >= 15 is 0 Å². The highest BCUT2D eigenvalue weighted by Gasteiger charge is 2.49. The lowest BCUT2D eigenvalue weighted by molar-refractivity contribution is -0.152. The average Bonchev–Trinajstić information content (AvgIpc) is 2.76. The molecule has 3 aromatic rings. The van der Waals surface area contributed by atoms with E-state index in [9.17, 15) is 9.90 Å². The third-order valence-corrected chi connectivity index (χ3v) is 5.72. The van der Waals surface area contributed by atoms with Gasteiger partial charge in [0.1, 0.15) is 12.4 Å². The molecule has 2 atom stereocenters. The van der Waals surface area contributed by atoms with Crippen molar-refractivity contribution >= 4 is 16.8 Å². The van der Waals surface area contributed by atoms with Crippen LogP contribution in [0.25, 0.3) is 10.9 Å². The lowest BCUT2D eigenvalue weighted by Crippen LogP contribution is -2.64. The molecule has 1 aromatic heterocycles. The number of nitrogens with zero attached hydrogens (tertiary/aromatic N) is 2. The minimum atomic E-state index is -0.901. The number of aryl methyl sites for hydroxylation is 1. The molecule has 156 valence electrons. The van der Waals surface area contributed by atoms with Crippen LogP contribution in [0, 0.1) is 6.92 Å². The van der Waals surface area contributed by atoms with Crippen molar-refractivity contribution in [2.24, 2.45) is 0 Å². The Kier molecular flexibility index (Phi) is 5.45. The molecule has 0 bridgehead atoms. The Morgan fingerprint density at radius 2 is 1.93 bits per heavy atom. The van der Waals surface area contributed by atoms with Gasteiger partial charge in [-0.3, -0.25) is 9.78 Å². The van der Waals surface area contributed by atoms with Gasteiger partial charge in [0.05, 0.1) is 23.6 Å². The number of hydrogen-bond acceptors (Lipinski definition) is 5. The summed E-state index contributed by atoms with van der Waals surface area (Å²) in [5, 5.41) is 19.6. The van der Waals surface area contributed by atoms with E-state index in [1.807, 2.05) is 68.4 Å². The summed E-state index contributed by atoms with van der Waals surface area (Å²) in [6, 6.07) is 17.7. The van der Waals surface area contributed by atoms with Crippen molar-refractivity contribution in [1.29, 1.82) is 0 Å². The highest BCUT2D eigenvalue weighted by molar-refractivity contribution is 5.94. The number of aliphatic hydroxyl groups excluding tert-OH is 2. The third-order valence-electron chi connectivity index (χ3n) is 5.72. The van der Waals surface area contributed by atoms with Crippen LogP contribution in [0.1, 0.15) is 23.7 Å². The van der Waals surface area contributed by atoms with Crippen molar-refractivity contribution in [3.8, 4) is 5.75 Å². The fourth-order valence-corrected chi connectivity index (χ4v) is 4.05. The Bertz CT molecular complexity index is 1070. The zero-order valence-electron chi connectivity index (χ0n) is 17.2. The highest BCUT2D eigenvalue weighted by atomic mass is 16.5. The van der Waals surface area contributed by atoms with Crippen LogP contribution < -0.4 is 4.74 Å². The van der Waals surface area contributed by atoms with Gasteiger partial charge >= 0.3 is 0 Å². The fourth-order valence-electron chi connectivity index (χ4n) is 4.05. The van der Waals surface area contributed by atoms with Crippen LogP contribution >= 0.6 is 0 Å². The monoisotopic (exact) mass is 406 g/mol. The van der Waals surface area contributed by atoms with Crippen molar-refractivity contribution in [1.82, 2.24) is 9.88 Å². The van der Waals surface area contributed by atoms with Crippen LogP contribution in [0.4, 0.5) is 0 Å². The number of amides is 1. The molecule has 2 unspecified atom stereocenters. The van der Waals surface area contributed by atoms with E-state index in [-0.39, 0.29) is 19.1 Å². The maximum absolute atomic E-state index is 12.6. The number of aliphatic hydroxyl groups is 2. The normalized spacial score (nSPS) is 19.6. The summed E-state index contributed by atoms with van der Waals surface area (Å²) in [6.45, 7) is 4.64. The van der Waals surface area contributed by atoms with E-state index in [4.69, 9.17) is 9.84 Å². The standard InChI is InChI=1S/C24H26N2O4/c1-16-11-17(21-5-3-4-6-22(21)25-16)14-30-20-9-7-18(8-10-20)24(2)15-26(23(24)29)12-19(28)13-27/h3-11,19,27-28H,12-15H2,1-2H3. The van der Waals surface area contributed by atoms with Crippen LogP contribution in [-0.2, 0) is 16.8 Å². The van der Waals surface area contributed by atoms with Crippen LogP contribution in [0.15, 0.2) is 54.6 Å². The fraction of sp³-hybridized carbons (Fsp3) is 0.333. The van der Waals surface area contributed by atoms with E-state index < -0.39 is 11.5 Å². The van der Waals surface area contributed by atoms with Crippen molar-refractivity contribution in [2.45, 2.75) is 32.0 Å². The number of benzene rings is 2. The second-order valence-corrected chi connectivity index (χ2v) is 8.11. The summed E-state index contributed by atoms with van der Waals surface area (Å²) in [6.07, 6.45) is -0.901. The Morgan fingerprint density at radius 3 is 2.63 bits per heavy atom. The number of fused-ring (bicyclic) bond motifs is 1. The van der Waals surface area contributed by atoms with Gasteiger partial charge in [0.2, 0.25) is 5.91 Å². The largest absolute Gasteiger partial charge is 0.489 e. The van der Waals surface area contributed by atoms with Crippen LogP contribution in [0.5, 0.6) is 5.75 Å². The zero-order valence-corrected chi connectivity index (χ0v) is 17.2. The number of aromatic nitrogens is 1. The molecule has 1 saturated heterocycles. The topological polar surface area (TPSA) is 82.9 Å². The predicted octanol–water partition coefficient (Wildman–Crippen LogP) is 2.58. The molecular formula is C24H26N2O4. The maximum atomic E-state index is 12.6. The van der Waals surface area contributed by atoms with Gasteiger partial charge in [-0.05, 0) is 43.7 Å². The Hall–Kier alpha value is -2.96. The Labute approximate surface area is 175 Å². The molecule has 6 heteroatoms. The van der Waals surface area contributed by atoms with Crippen molar-refractivity contribution in [3.63, 3.8) is 0 Å².